The molecule has 1 atom stereocenters. The predicted molar refractivity (Wildman–Crippen MR) is 124 cm³/mol. The Hall–Kier alpha value is -3.19. The maximum absolute atomic E-state index is 13.6. The molecule has 0 aliphatic carbocycles. The first-order valence-electron chi connectivity index (χ1n) is 10.2. The van der Waals surface area contributed by atoms with Crippen LogP contribution in [0.15, 0.2) is 71.2 Å². The van der Waals surface area contributed by atoms with Gasteiger partial charge in [0, 0.05) is 21.3 Å². The summed E-state index contributed by atoms with van der Waals surface area (Å²) in [5.74, 6) is -0.316. The average molecular weight is 497 g/mol. The summed E-state index contributed by atoms with van der Waals surface area (Å²) in [6, 6.07) is 17.7. The molecular formula is C25H22BrFN2O3. The molecule has 0 bridgehead atoms. The zero-order valence-corrected chi connectivity index (χ0v) is 19.2. The zero-order chi connectivity index (χ0) is 22.8. The van der Waals surface area contributed by atoms with Gasteiger partial charge in [-0.3, -0.25) is 9.59 Å². The lowest BCUT2D eigenvalue weighted by molar-refractivity contribution is -0.117. The van der Waals surface area contributed by atoms with E-state index in [1.54, 1.807) is 42.5 Å². The predicted octanol–water partition coefficient (Wildman–Crippen LogP) is 5.56. The van der Waals surface area contributed by atoms with Crippen molar-refractivity contribution in [3.8, 4) is 5.75 Å². The van der Waals surface area contributed by atoms with Gasteiger partial charge in [0.1, 0.15) is 18.1 Å². The van der Waals surface area contributed by atoms with Crippen molar-refractivity contribution in [2.24, 2.45) is 0 Å². The normalized spacial score (nSPS) is 15.7. The Morgan fingerprint density at radius 3 is 2.44 bits per heavy atom. The molecule has 32 heavy (non-hydrogen) atoms. The van der Waals surface area contributed by atoms with Gasteiger partial charge in [-0.15, -0.1) is 0 Å². The molecule has 164 valence electrons. The van der Waals surface area contributed by atoms with Crippen LogP contribution in [0.5, 0.6) is 5.75 Å². The summed E-state index contributed by atoms with van der Waals surface area (Å²) in [6.45, 7) is 3.72. The van der Waals surface area contributed by atoms with Gasteiger partial charge in [0.05, 0.1) is 12.1 Å². The van der Waals surface area contributed by atoms with E-state index in [0.29, 0.717) is 22.6 Å². The molecule has 0 spiro atoms. The summed E-state index contributed by atoms with van der Waals surface area (Å²) < 4.78 is 20.1. The van der Waals surface area contributed by atoms with Crippen molar-refractivity contribution in [3.63, 3.8) is 0 Å². The number of nitrogens with zero attached hydrogens (tertiary/aromatic N) is 1. The van der Waals surface area contributed by atoms with Gasteiger partial charge in [-0.2, -0.15) is 0 Å². The lowest BCUT2D eigenvalue weighted by Crippen LogP contribution is -2.39. The maximum Gasteiger partial charge on any atom is 0.255 e. The van der Waals surface area contributed by atoms with Gasteiger partial charge < -0.3 is 15.0 Å². The Bertz CT molecular complexity index is 1150. The van der Waals surface area contributed by atoms with E-state index >= 15 is 0 Å². The van der Waals surface area contributed by atoms with E-state index in [-0.39, 0.29) is 30.3 Å². The third kappa shape index (κ3) is 4.67. The minimum atomic E-state index is -0.582. The molecule has 1 N–H and O–H groups in total. The van der Waals surface area contributed by atoms with Crippen molar-refractivity contribution in [1.82, 2.24) is 4.90 Å². The van der Waals surface area contributed by atoms with Crippen LogP contribution in [-0.2, 0) is 4.79 Å². The molecule has 7 heteroatoms. The van der Waals surface area contributed by atoms with Crippen LogP contribution in [-0.4, -0.2) is 29.4 Å². The third-order valence-electron chi connectivity index (χ3n) is 5.13. The first kappa shape index (κ1) is 22.0. The monoisotopic (exact) mass is 496 g/mol. The molecule has 3 aromatic carbocycles. The van der Waals surface area contributed by atoms with E-state index in [1.165, 1.54) is 17.0 Å². The van der Waals surface area contributed by atoms with Crippen LogP contribution in [0.4, 0.5) is 10.1 Å². The molecule has 1 heterocycles. The number of anilines is 1. The third-order valence-corrected chi connectivity index (χ3v) is 5.62. The molecule has 0 saturated heterocycles. The molecule has 1 unspecified atom stereocenters. The van der Waals surface area contributed by atoms with Crippen LogP contribution < -0.4 is 10.1 Å². The molecule has 5 nitrogen and oxygen atoms in total. The largest absolute Gasteiger partial charge is 0.491 e. The van der Waals surface area contributed by atoms with Gasteiger partial charge in [0.25, 0.3) is 5.91 Å². The number of carbonyl (C=O) groups excluding carboxylic acids is 2. The smallest absolute Gasteiger partial charge is 0.255 e. The van der Waals surface area contributed by atoms with E-state index in [2.05, 4.69) is 21.2 Å². The number of amides is 2. The zero-order valence-electron chi connectivity index (χ0n) is 17.6. The van der Waals surface area contributed by atoms with Gasteiger partial charge in [-0.05, 0) is 74.0 Å². The molecule has 3 aromatic rings. The van der Waals surface area contributed by atoms with Gasteiger partial charge in [-0.1, -0.05) is 28.1 Å². The minimum Gasteiger partial charge on any atom is -0.491 e. The van der Waals surface area contributed by atoms with Gasteiger partial charge in [0.2, 0.25) is 5.91 Å². The van der Waals surface area contributed by atoms with Crippen LogP contribution >= 0.6 is 15.9 Å². The van der Waals surface area contributed by atoms with E-state index in [9.17, 15) is 14.0 Å². The quantitative estimate of drug-likeness (QED) is 0.514. The van der Waals surface area contributed by atoms with Crippen molar-refractivity contribution in [3.05, 3.63) is 93.7 Å². The number of benzene rings is 3. The highest BCUT2D eigenvalue weighted by molar-refractivity contribution is 9.10. The van der Waals surface area contributed by atoms with E-state index < -0.39 is 6.04 Å². The van der Waals surface area contributed by atoms with Crippen molar-refractivity contribution in [2.75, 3.05) is 11.9 Å². The molecule has 4 rings (SSSR count). The first-order valence-corrected chi connectivity index (χ1v) is 11.0. The number of fused-ring (bicyclic) bond motifs is 1. The minimum absolute atomic E-state index is 0.0173. The summed E-state index contributed by atoms with van der Waals surface area (Å²) in [5.41, 5.74) is 2.49. The van der Waals surface area contributed by atoms with Crippen molar-refractivity contribution in [1.29, 1.82) is 0 Å². The molecule has 2 amide bonds. The van der Waals surface area contributed by atoms with Crippen LogP contribution in [0.2, 0.25) is 0 Å². The molecule has 0 fully saturated rings. The summed E-state index contributed by atoms with van der Waals surface area (Å²) in [7, 11) is 0. The fourth-order valence-corrected chi connectivity index (χ4v) is 4.16. The van der Waals surface area contributed by atoms with Crippen LogP contribution in [0.3, 0.4) is 0 Å². The highest BCUT2D eigenvalue weighted by atomic mass is 79.9. The number of carbonyl (C=O) groups is 2. The topological polar surface area (TPSA) is 58.6 Å². The molecular weight excluding hydrogens is 475 g/mol. The maximum atomic E-state index is 13.6. The van der Waals surface area contributed by atoms with Gasteiger partial charge in [0.15, 0.2) is 0 Å². The second-order valence-electron chi connectivity index (χ2n) is 7.86. The second kappa shape index (κ2) is 9.12. The molecule has 1 aliphatic rings. The van der Waals surface area contributed by atoms with E-state index in [4.69, 9.17) is 4.74 Å². The molecule has 0 radical (unpaired) electrons. The second-order valence-corrected chi connectivity index (χ2v) is 8.77. The highest BCUT2D eigenvalue weighted by Crippen LogP contribution is 2.38. The number of ether oxygens (including phenoxy) is 1. The van der Waals surface area contributed by atoms with Gasteiger partial charge >= 0.3 is 0 Å². The Morgan fingerprint density at radius 2 is 1.78 bits per heavy atom. The summed E-state index contributed by atoms with van der Waals surface area (Å²) in [4.78, 5) is 27.8. The fourth-order valence-electron chi connectivity index (χ4n) is 3.78. The number of nitrogens with one attached hydrogen (secondary N) is 1. The Morgan fingerprint density at radius 1 is 1.09 bits per heavy atom. The standard InChI is InChI=1S/C25H22BrFN2O3/c1-15(2)32-20-10-5-17(6-11-20)25(31)29-14-23(30)28-22-12-7-18(26)13-21(22)24(29)16-3-8-19(27)9-4-16/h3-13,15,24H,14H2,1-2H3,(H,28,30). The van der Waals surface area contributed by atoms with Crippen molar-refractivity contribution < 1.29 is 18.7 Å². The van der Waals surface area contributed by atoms with E-state index in [0.717, 1.165) is 10.0 Å². The van der Waals surface area contributed by atoms with Crippen molar-refractivity contribution in [2.45, 2.75) is 26.0 Å². The average Bonchev–Trinajstić information content (AvgIpc) is 2.90. The molecule has 0 aromatic heterocycles. The van der Waals surface area contributed by atoms with Gasteiger partial charge in [-0.25, -0.2) is 4.39 Å². The fraction of sp³-hybridized carbons (Fsp3) is 0.200. The number of halogens is 2. The first-order chi connectivity index (χ1) is 15.3. The van der Waals surface area contributed by atoms with E-state index in [1.807, 2.05) is 26.0 Å². The Kier molecular flexibility index (Phi) is 6.28. The molecule has 0 saturated carbocycles. The summed E-state index contributed by atoms with van der Waals surface area (Å²) in [6.07, 6.45) is 0.0173. The number of hydrogen-bond acceptors (Lipinski definition) is 3. The Balaban J connectivity index is 1.79. The SMILES string of the molecule is CC(C)Oc1ccc(C(=O)N2CC(=O)Nc3ccc(Br)cc3C2c2ccc(F)cc2)cc1. The highest BCUT2D eigenvalue weighted by Gasteiger charge is 2.34. The Labute approximate surface area is 194 Å². The van der Waals surface area contributed by atoms with Crippen LogP contribution in [0, 0.1) is 5.82 Å². The summed E-state index contributed by atoms with van der Waals surface area (Å²) >= 11 is 3.48. The lowest BCUT2D eigenvalue weighted by atomic mass is 9.95. The summed E-state index contributed by atoms with van der Waals surface area (Å²) in [5, 5.41) is 2.88. The van der Waals surface area contributed by atoms with Crippen LogP contribution in [0.1, 0.15) is 41.4 Å². The van der Waals surface area contributed by atoms with Crippen LogP contribution in [0.25, 0.3) is 0 Å². The molecule has 1 aliphatic heterocycles. The van der Waals surface area contributed by atoms with Crippen molar-refractivity contribution >= 4 is 33.4 Å². The lowest BCUT2D eigenvalue weighted by Gasteiger charge is -2.31. The number of hydrogen-bond donors (Lipinski definition) is 1. The number of rotatable bonds is 4.